The van der Waals surface area contributed by atoms with Gasteiger partial charge in [-0.05, 0) is 38.3 Å². The molecule has 0 bridgehead atoms. The van der Waals surface area contributed by atoms with Crippen molar-refractivity contribution < 1.29 is 14.6 Å². The molecule has 21 heavy (non-hydrogen) atoms. The monoisotopic (exact) mass is 306 g/mol. The highest BCUT2D eigenvalue weighted by Crippen LogP contribution is 2.43. The quantitative estimate of drug-likeness (QED) is 0.860. The predicted molar refractivity (Wildman–Crippen MR) is 82.1 cm³/mol. The lowest BCUT2D eigenvalue weighted by Gasteiger charge is -2.41. The fourth-order valence-corrected chi connectivity index (χ4v) is 3.69. The zero-order valence-corrected chi connectivity index (χ0v) is 12.9. The molecule has 1 N–H and O–H groups in total. The maximum atomic E-state index is 10.9. The Morgan fingerprint density at radius 3 is 2.86 bits per heavy atom. The molecular formula is C15H18N2O3S. The Morgan fingerprint density at radius 2 is 2.29 bits per heavy atom. The van der Waals surface area contributed by atoms with E-state index in [0.717, 1.165) is 34.8 Å². The fraction of sp³-hybridized carbons (Fsp3) is 0.467. The lowest BCUT2D eigenvalue weighted by molar-refractivity contribution is -0.133. The van der Waals surface area contributed by atoms with Crippen molar-refractivity contribution in [3.8, 4) is 5.75 Å². The first-order chi connectivity index (χ1) is 10.0. The van der Waals surface area contributed by atoms with E-state index in [9.17, 15) is 4.79 Å². The van der Waals surface area contributed by atoms with Crippen LogP contribution < -0.4 is 4.74 Å². The molecule has 1 saturated carbocycles. The van der Waals surface area contributed by atoms with Gasteiger partial charge in [0.15, 0.2) is 5.16 Å². The Labute approximate surface area is 127 Å². The van der Waals surface area contributed by atoms with Crippen LogP contribution in [0.15, 0.2) is 23.4 Å². The van der Waals surface area contributed by atoms with E-state index in [2.05, 4.69) is 16.5 Å². The topological polar surface area (TPSA) is 64.3 Å². The van der Waals surface area contributed by atoms with Crippen LogP contribution in [0.2, 0.25) is 0 Å². The van der Waals surface area contributed by atoms with E-state index >= 15 is 0 Å². The van der Waals surface area contributed by atoms with Gasteiger partial charge in [-0.1, -0.05) is 11.8 Å². The molecule has 1 aromatic heterocycles. The summed E-state index contributed by atoms with van der Waals surface area (Å²) >= 11 is 1.28. The van der Waals surface area contributed by atoms with Crippen molar-refractivity contribution >= 4 is 28.8 Å². The first-order valence-electron chi connectivity index (χ1n) is 6.95. The number of nitrogens with zero attached hydrogens (tertiary/aromatic N) is 2. The lowest BCUT2D eigenvalue weighted by atomic mass is 9.78. The number of methoxy groups -OCH3 is 1. The molecule has 0 spiro atoms. The summed E-state index contributed by atoms with van der Waals surface area (Å²) in [4.78, 5) is 15.5. The first-order valence-corrected chi connectivity index (χ1v) is 7.94. The zero-order chi connectivity index (χ0) is 15.0. The van der Waals surface area contributed by atoms with Crippen LogP contribution in [0.3, 0.4) is 0 Å². The zero-order valence-electron chi connectivity index (χ0n) is 12.1. The number of aromatic nitrogens is 2. The Balaban J connectivity index is 2.10. The number of benzene rings is 1. The minimum atomic E-state index is -0.824. The van der Waals surface area contributed by atoms with Crippen LogP contribution in [0.25, 0.3) is 11.0 Å². The number of thioether (sulfide) groups is 1. The van der Waals surface area contributed by atoms with Gasteiger partial charge in [-0.15, -0.1) is 0 Å². The third-order valence-corrected chi connectivity index (χ3v) is 5.05. The van der Waals surface area contributed by atoms with Crippen molar-refractivity contribution in [1.82, 2.24) is 9.55 Å². The van der Waals surface area contributed by atoms with Crippen LogP contribution in [-0.2, 0) is 10.3 Å². The maximum Gasteiger partial charge on any atom is 0.313 e. The van der Waals surface area contributed by atoms with E-state index in [1.54, 1.807) is 7.11 Å². The van der Waals surface area contributed by atoms with Crippen molar-refractivity contribution in [2.45, 2.75) is 36.9 Å². The lowest BCUT2D eigenvalue weighted by Crippen LogP contribution is -2.37. The number of rotatable bonds is 5. The molecule has 0 aliphatic heterocycles. The van der Waals surface area contributed by atoms with Gasteiger partial charge >= 0.3 is 5.97 Å². The SMILES string of the molecule is COc1ccc2c(c1)nc(SCC(=O)O)n2C1(C)CCC1. The molecule has 1 fully saturated rings. The van der Waals surface area contributed by atoms with Crippen LogP contribution in [-0.4, -0.2) is 33.5 Å². The number of imidazole rings is 1. The van der Waals surface area contributed by atoms with Gasteiger partial charge in [-0.2, -0.15) is 0 Å². The van der Waals surface area contributed by atoms with Crippen molar-refractivity contribution in [2.75, 3.05) is 12.9 Å². The average molecular weight is 306 g/mol. The number of hydrogen-bond acceptors (Lipinski definition) is 4. The highest BCUT2D eigenvalue weighted by molar-refractivity contribution is 7.99. The second-order valence-corrected chi connectivity index (χ2v) is 6.56. The summed E-state index contributed by atoms with van der Waals surface area (Å²) in [7, 11) is 1.63. The number of aliphatic carboxylic acids is 1. The van der Waals surface area contributed by atoms with Crippen molar-refractivity contribution in [3.63, 3.8) is 0 Å². The molecule has 1 aliphatic rings. The molecule has 2 aromatic rings. The summed E-state index contributed by atoms with van der Waals surface area (Å²) in [5, 5.41) is 9.70. The molecule has 1 heterocycles. The maximum absolute atomic E-state index is 10.9. The Kier molecular flexibility index (Phi) is 3.57. The second-order valence-electron chi connectivity index (χ2n) is 5.62. The smallest absolute Gasteiger partial charge is 0.313 e. The standard InChI is InChI=1S/C15H18N2O3S/c1-15(6-3-7-15)17-12-5-4-10(20-2)8-11(12)16-14(17)21-9-13(18)19/h4-5,8H,3,6-7,9H2,1-2H3,(H,18,19). The summed E-state index contributed by atoms with van der Waals surface area (Å²) in [6.45, 7) is 2.21. The van der Waals surface area contributed by atoms with E-state index < -0.39 is 5.97 Å². The van der Waals surface area contributed by atoms with Gasteiger partial charge in [0.2, 0.25) is 0 Å². The summed E-state index contributed by atoms with van der Waals surface area (Å²) in [5.74, 6) is -0.0352. The van der Waals surface area contributed by atoms with E-state index in [4.69, 9.17) is 9.84 Å². The largest absolute Gasteiger partial charge is 0.497 e. The molecule has 0 unspecified atom stereocenters. The van der Waals surface area contributed by atoms with Gasteiger partial charge in [0, 0.05) is 11.6 Å². The van der Waals surface area contributed by atoms with E-state index in [1.165, 1.54) is 18.2 Å². The van der Waals surface area contributed by atoms with Crippen molar-refractivity contribution in [1.29, 1.82) is 0 Å². The third kappa shape index (κ3) is 2.48. The number of fused-ring (bicyclic) bond motifs is 1. The van der Waals surface area contributed by atoms with Crippen LogP contribution in [0.4, 0.5) is 0 Å². The summed E-state index contributed by atoms with van der Waals surface area (Å²) in [6.07, 6.45) is 3.41. The molecular weight excluding hydrogens is 288 g/mol. The second kappa shape index (κ2) is 5.26. The van der Waals surface area contributed by atoms with Crippen molar-refractivity contribution in [2.24, 2.45) is 0 Å². The molecule has 1 aliphatic carbocycles. The van der Waals surface area contributed by atoms with Gasteiger partial charge in [0.1, 0.15) is 5.75 Å². The van der Waals surface area contributed by atoms with Crippen molar-refractivity contribution in [3.05, 3.63) is 18.2 Å². The van der Waals surface area contributed by atoms with Crippen LogP contribution >= 0.6 is 11.8 Å². The minimum Gasteiger partial charge on any atom is -0.497 e. The molecule has 3 rings (SSSR count). The Hall–Kier alpha value is -1.69. The molecule has 1 aromatic carbocycles. The van der Waals surface area contributed by atoms with Crippen LogP contribution in [0, 0.1) is 0 Å². The van der Waals surface area contributed by atoms with Gasteiger partial charge in [-0.25, -0.2) is 4.98 Å². The summed E-state index contributed by atoms with van der Waals surface area (Å²) in [6, 6.07) is 5.84. The Bertz CT molecular complexity index is 692. The molecule has 0 saturated heterocycles. The van der Waals surface area contributed by atoms with E-state index in [0.29, 0.717) is 0 Å². The number of hydrogen-bond donors (Lipinski definition) is 1. The molecule has 0 radical (unpaired) electrons. The fourth-order valence-electron chi connectivity index (χ4n) is 2.82. The van der Waals surface area contributed by atoms with Crippen LogP contribution in [0.5, 0.6) is 5.75 Å². The third-order valence-electron chi connectivity index (χ3n) is 4.13. The van der Waals surface area contributed by atoms with Gasteiger partial charge in [0.25, 0.3) is 0 Å². The minimum absolute atomic E-state index is 0.0243. The molecule has 6 heteroatoms. The number of ether oxygens (including phenoxy) is 1. The number of carboxylic acids is 1. The Morgan fingerprint density at radius 1 is 1.52 bits per heavy atom. The average Bonchev–Trinajstić information content (AvgIpc) is 2.80. The molecule has 5 nitrogen and oxygen atoms in total. The molecule has 0 atom stereocenters. The predicted octanol–water partition coefficient (Wildman–Crippen LogP) is 3.12. The van der Waals surface area contributed by atoms with E-state index in [-0.39, 0.29) is 11.3 Å². The summed E-state index contributed by atoms with van der Waals surface area (Å²) < 4.78 is 7.45. The van der Waals surface area contributed by atoms with E-state index in [1.807, 2.05) is 18.2 Å². The highest BCUT2D eigenvalue weighted by atomic mass is 32.2. The molecule has 0 amide bonds. The normalized spacial score (nSPS) is 16.7. The summed E-state index contributed by atoms with van der Waals surface area (Å²) in [5.41, 5.74) is 1.95. The molecule has 112 valence electrons. The van der Waals surface area contributed by atoms with Gasteiger partial charge < -0.3 is 14.4 Å². The first kappa shape index (κ1) is 14.3. The number of carbonyl (C=O) groups is 1. The van der Waals surface area contributed by atoms with Crippen LogP contribution in [0.1, 0.15) is 26.2 Å². The number of carboxylic acid groups (broad SMARTS) is 1. The highest BCUT2D eigenvalue weighted by Gasteiger charge is 2.37. The van der Waals surface area contributed by atoms with Gasteiger partial charge in [-0.3, -0.25) is 4.79 Å². The van der Waals surface area contributed by atoms with Gasteiger partial charge in [0.05, 0.1) is 23.9 Å².